The lowest BCUT2D eigenvalue weighted by Gasteiger charge is -2.35. The molecule has 0 spiro atoms. The SMILES string of the molecule is C[C@@H]1N=C(c2c[nH]c(=O)c(C3CC3)c2)N[C@]1(c1ccc(F)cc1)c1ccc(C(F)(F)F)nc1. The van der Waals surface area contributed by atoms with Gasteiger partial charge in [0.25, 0.3) is 5.56 Å². The molecule has 0 saturated heterocycles. The molecule has 2 aliphatic rings. The van der Waals surface area contributed by atoms with E-state index in [9.17, 15) is 22.4 Å². The van der Waals surface area contributed by atoms with Crippen LogP contribution < -0.4 is 10.9 Å². The molecule has 3 heterocycles. The van der Waals surface area contributed by atoms with E-state index >= 15 is 0 Å². The normalized spacial score (nSPS) is 22.7. The van der Waals surface area contributed by atoms with Gasteiger partial charge in [-0.15, -0.1) is 0 Å². The molecule has 0 unspecified atom stereocenters. The van der Waals surface area contributed by atoms with Crippen LogP contribution in [0, 0.1) is 5.82 Å². The first-order valence-electron chi connectivity index (χ1n) is 10.6. The van der Waals surface area contributed by atoms with Crippen LogP contribution in [0.15, 0.2) is 64.6 Å². The fraction of sp³-hybridized carbons (Fsp3) is 0.292. The number of aromatic nitrogens is 2. The van der Waals surface area contributed by atoms with E-state index in [0.717, 1.165) is 18.9 Å². The lowest BCUT2D eigenvalue weighted by molar-refractivity contribution is -0.141. The standard InChI is InChI=1S/C24H20F4N4O/c1-13-23(16-4-7-18(25)8-5-16,17-6-9-20(29-12-17)24(26,27)28)32-21(31-13)15-10-19(14-2-3-14)22(33)30-11-15/h4-14H,2-3H2,1H3,(H,30,33)(H,31,32)/t13-,23+/m0/s1. The molecule has 0 bridgehead atoms. The van der Waals surface area contributed by atoms with Crippen LogP contribution in [0.5, 0.6) is 0 Å². The number of pyridine rings is 2. The van der Waals surface area contributed by atoms with Crippen molar-refractivity contribution in [2.75, 3.05) is 0 Å². The molecule has 2 N–H and O–H groups in total. The molecular weight excluding hydrogens is 436 g/mol. The average molecular weight is 456 g/mol. The number of benzene rings is 1. The largest absolute Gasteiger partial charge is 0.433 e. The van der Waals surface area contributed by atoms with Crippen molar-refractivity contribution in [1.82, 2.24) is 15.3 Å². The zero-order valence-electron chi connectivity index (χ0n) is 17.6. The van der Waals surface area contributed by atoms with Crippen LogP contribution in [0.3, 0.4) is 0 Å². The number of amidine groups is 1. The molecule has 5 nitrogen and oxygen atoms in total. The van der Waals surface area contributed by atoms with E-state index in [1.165, 1.54) is 24.4 Å². The van der Waals surface area contributed by atoms with Gasteiger partial charge in [0.2, 0.25) is 0 Å². The molecule has 3 aromatic rings. The van der Waals surface area contributed by atoms with Gasteiger partial charge in [0.1, 0.15) is 22.9 Å². The Balaban J connectivity index is 1.60. The quantitative estimate of drug-likeness (QED) is 0.569. The highest BCUT2D eigenvalue weighted by molar-refractivity contribution is 6.01. The number of alkyl halides is 3. The van der Waals surface area contributed by atoms with Crippen LogP contribution in [0.4, 0.5) is 17.6 Å². The molecule has 1 fully saturated rings. The highest BCUT2D eigenvalue weighted by atomic mass is 19.4. The molecule has 0 radical (unpaired) electrons. The summed E-state index contributed by atoms with van der Waals surface area (Å²) in [5.74, 6) is 0.292. The zero-order chi connectivity index (χ0) is 23.4. The van der Waals surface area contributed by atoms with Crippen LogP contribution in [-0.4, -0.2) is 21.8 Å². The first kappa shape index (κ1) is 21.4. The molecule has 9 heteroatoms. The van der Waals surface area contributed by atoms with Gasteiger partial charge in [0, 0.05) is 29.1 Å². The van der Waals surface area contributed by atoms with Gasteiger partial charge in [-0.05, 0) is 55.5 Å². The van der Waals surface area contributed by atoms with Crippen LogP contribution in [-0.2, 0) is 11.7 Å². The van der Waals surface area contributed by atoms with Gasteiger partial charge in [-0.2, -0.15) is 13.2 Å². The average Bonchev–Trinajstić information content (AvgIpc) is 3.57. The van der Waals surface area contributed by atoms with Crippen molar-refractivity contribution in [3.8, 4) is 0 Å². The molecule has 170 valence electrons. The Morgan fingerprint density at radius 2 is 1.76 bits per heavy atom. The van der Waals surface area contributed by atoms with Crippen LogP contribution in [0.2, 0.25) is 0 Å². The minimum absolute atomic E-state index is 0.135. The van der Waals surface area contributed by atoms with Crippen molar-refractivity contribution in [1.29, 1.82) is 0 Å². The minimum Gasteiger partial charge on any atom is -0.354 e. The smallest absolute Gasteiger partial charge is 0.354 e. The molecule has 2 atom stereocenters. The Labute approximate surface area is 186 Å². The number of H-pyrrole nitrogens is 1. The van der Waals surface area contributed by atoms with E-state index in [4.69, 9.17) is 4.99 Å². The van der Waals surface area contributed by atoms with Crippen LogP contribution >= 0.6 is 0 Å². The van der Waals surface area contributed by atoms with Crippen LogP contribution in [0.1, 0.15) is 53.6 Å². The van der Waals surface area contributed by atoms with Gasteiger partial charge in [-0.1, -0.05) is 18.2 Å². The molecule has 1 aromatic carbocycles. The number of hydrogen-bond acceptors (Lipinski definition) is 4. The van der Waals surface area contributed by atoms with E-state index in [1.807, 2.05) is 6.92 Å². The molecule has 2 aromatic heterocycles. The number of hydrogen-bond donors (Lipinski definition) is 2. The third-order valence-corrected chi connectivity index (χ3v) is 6.30. The monoisotopic (exact) mass is 456 g/mol. The maximum absolute atomic E-state index is 13.7. The molecule has 0 amide bonds. The van der Waals surface area contributed by atoms with Crippen molar-refractivity contribution < 1.29 is 17.6 Å². The van der Waals surface area contributed by atoms with Crippen LogP contribution in [0.25, 0.3) is 0 Å². The maximum Gasteiger partial charge on any atom is 0.433 e. The van der Waals surface area contributed by atoms with E-state index in [-0.39, 0.29) is 11.5 Å². The van der Waals surface area contributed by atoms with Gasteiger partial charge >= 0.3 is 6.18 Å². The summed E-state index contributed by atoms with van der Waals surface area (Å²) in [6.45, 7) is 1.83. The van der Waals surface area contributed by atoms with Gasteiger partial charge < -0.3 is 10.3 Å². The maximum atomic E-state index is 13.7. The predicted octanol–water partition coefficient (Wildman–Crippen LogP) is 4.49. The number of halogens is 4. The Kier molecular flexibility index (Phi) is 4.88. The molecular formula is C24H20F4N4O. The van der Waals surface area contributed by atoms with Gasteiger partial charge in [0.15, 0.2) is 0 Å². The van der Waals surface area contributed by atoms with E-state index < -0.39 is 29.3 Å². The summed E-state index contributed by atoms with van der Waals surface area (Å²) in [4.78, 5) is 23.3. The Morgan fingerprint density at radius 1 is 1.06 bits per heavy atom. The van der Waals surface area contributed by atoms with Crippen molar-refractivity contribution in [2.45, 2.75) is 43.4 Å². The second kappa shape index (κ2) is 7.54. The number of aromatic amines is 1. The third kappa shape index (κ3) is 3.71. The summed E-state index contributed by atoms with van der Waals surface area (Å²) >= 11 is 0. The van der Waals surface area contributed by atoms with E-state index in [1.54, 1.807) is 24.4 Å². The molecule has 33 heavy (non-hydrogen) atoms. The zero-order valence-corrected chi connectivity index (χ0v) is 17.6. The summed E-state index contributed by atoms with van der Waals surface area (Å²) < 4.78 is 52.9. The van der Waals surface area contributed by atoms with Gasteiger partial charge in [-0.25, -0.2) is 4.39 Å². The molecule has 1 aliphatic carbocycles. The number of nitrogens with one attached hydrogen (secondary N) is 2. The molecule has 1 saturated carbocycles. The first-order valence-corrected chi connectivity index (χ1v) is 10.6. The lowest BCUT2D eigenvalue weighted by atomic mass is 9.79. The van der Waals surface area contributed by atoms with Crippen molar-refractivity contribution in [3.63, 3.8) is 0 Å². The lowest BCUT2D eigenvalue weighted by Crippen LogP contribution is -2.48. The predicted molar refractivity (Wildman–Crippen MR) is 115 cm³/mol. The fourth-order valence-electron chi connectivity index (χ4n) is 4.40. The summed E-state index contributed by atoms with van der Waals surface area (Å²) in [5, 5.41) is 3.37. The Morgan fingerprint density at radius 3 is 2.36 bits per heavy atom. The van der Waals surface area contributed by atoms with Crippen molar-refractivity contribution in [3.05, 3.63) is 99.0 Å². The van der Waals surface area contributed by atoms with E-state index in [2.05, 4.69) is 15.3 Å². The summed E-state index contributed by atoms with van der Waals surface area (Å²) in [5.41, 5.74) is 0.249. The summed E-state index contributed by atoms with van der Waals surface area (Å²) in [6.07, 6.45) is 0.0986. The fourth-order valence-corrected chi connectivity index (χ4v) is 4.40. The summed E-state index contributed by atoms with van der Waals surface area (Å²) in [7, 11) is 0. The number of nitrogens with zero attached hydrogens (tertiary/aromatic N) is 2. The van der Waals surface area contributed by atoms with Crippen molar-refractivity contribution >= 4 is 5.84 Å². The highest BCUT2D eigenvalue weighted by Gasteiger charge is 2.46. The Hall–Kier alpha value is -3.49. The number of rotatable bonds is 4. The second-order valence-corrected chi connectivity index (χ2v) is 8.47. The van der Waals surface area contributed by atoms with Crippen molar-refractivity contribution in [2.24, 2.45) is 4.99 Å². The second-order valence-electron chi connectivity index (χ2n) is 8.47. The molecule has 1 aliphatic heterocycles. The van der Waals surface area contributed by atoms with E-state index in [0.29, 0.717) is 28.1 Å². The first-order chi connectivity index (χ1) is 15.7. The molecule has 5 rings (SSSR count). The minimum atomic E-state index is -4.56. The van der Waals surface area contributed by atoms with Gasteiger partial charge in [-0.3, -0.25) is 14.8 Å². The Bertz CT molecular complexity index is 1280. The summed E-state index contributed by atoms with van der Waals surface area (Å²) in [6, 6.07) is 9.39. The van der Waals surface area contributed by atoms with Gasteiger partial charge in [0.05, 0.1) is 6.04 Å². The highest BCUT2D eigenvalue weighted by Crippen LogP contribution is 2.41. The topological polar surface area (TPSA) is 70.1 Å². The third-order valence-electron chi connectivity index (χ3n) is 6.30. The number of aliphatic imine (C=N–C) groups is 1.